The molecule has 1 atom stereocenters. The van der Waals surface area contributed by atoms with Crippen molar-refractivity contribution in [3.63, 3.8) is 0 Å². The largest absolute Gasteiger partial charge is 0.480 e. The lowest BCUT2D eigenvalue weighted by Crippen LogP contribution is -2.32. The Balaban J connectivity index is 2.43. The molecular formula is C9H13NO4. The van der Waals surface area contributed by atoms with E-state index in [-0.39, 0.29) is 6.61 Å². The quantitative estimate of drug-likeness (QED) is 0.367. The van der Waals surface area contributed by atoms with E-state index in [4.69, 9.17) is 15.6 Å². The van der Waals surface area contributed by atoms with Gasteiger partial charge in [-0.15, -0.1) is 6.58 Å². The number of carbonyl (C=O) groups excluding carboxylic acids is 1. The predicted octanol–water partition coefficient (Wildman–Crippen LogP) is -0.0923. The van der Waals surface area contributed by atoms with Crippen LogP contribution in [-0.2, 0) is 14.3 Å². The number of ether oxygens (including phenoxy) is 1. The minimum atomic E-state index is -1.29. The average Bonchev–Trinajstić information content (AvgIpc) is 2.94. The normalized spacial score (nSPS) is 19.5. The minimum Gasteiger partial charge on any atom is -0.480 e. The Bertz CT molecular complexity index is 270. The van der Waals surface area contributed by atoms with Crippen molar-refractivity contribution in [3.05, 3.63) is 12.7 Å². The van der Waals surface area contributed by atoms with Crippen molar-refractivity contribution in [1.82, 2.24) is 0 Å². The molecule has 0 spiro atoms. The summed E-state index contributed by atoms with van der Waals surface area (Å²) in [4.78, 5) is 22.0. The standard InChI is InChI=1S/C9H13NO4/c1-2-6(10)5-14-8(13)9(3-4-9)7(11)12/h2,6H,1,3-5,10H2,(H,11,12)/t6-/m0/s1. The smallest absolute Gasteiger partial charge is 0.323 e. The van der Waals surface area contributed by atoms with Gasteiger partial charge in [-0.3, -0.25) is 9.59 Å². The fourth-order valence-corrected chi connectivity index (χ4v) is 1.01. The van der Waals surface area contributed by atoms with E-state index in [0.717, 1.165) is 0 Å². The summed E-state index contributed by atoms with van der Waals surface area (Å²) in [7, 11) is 0. The van der Waals surface area contributed by atoms with Crippen molar-refractivity contribution in [3.8, 4) is 0 Å². The molecule has 0 saturated heterocycles. The van der Waals surface area contributed by atoms with Gasteiger partial charge in [0.1, 0.15) is 6.61 Å². The van der Waals surface area contributed by atoms with Crippen LogP contribution in [0.4, 0.5) is 0 Å². The van der Waals surface area contributed by atoms with E-state index in [9.17, 15) is 9.59 Å². The average molecular weight is 199 g/mol. The van der Waals surface area contributed by atoms with Crippen LogP contribution >= 0.6 is 0 Å². The van der Waals surface area contributed by atoms with E-state index in [2.05, 4.69) is 6.58 Å². The van der Waals surface area contributed by atoms with Gasteiger partial charge in [-0.1, -0.05) is 6.08 Å². The molecule has 0 aromatic heterocycles. The number of carboxylic acid groups (broad SMARTS) is 1. The minimum absolute atomic E-state index is 0.0165. The molecule has 1 aliphatic rings. The summed E-state index contributed by atoms with van der Waals surface area (Å²) in [6, 6.07) is -0.441. The number of carboxylic acids is 1. The number of carbonyl (C=O) groups is 2. The van der Waals surface area contributed by atoms with Gasteiger partial charge >= 0.3 is 11.9 Å². The Morgan fingerprint density at radius 2 is 2.21 bits per heavy atom. The highest BCUT2D eigenvalue weighted by Gasteiger charge is 2.58. The van der Waals surface area contributed by atoms with Crippen molar-refractivity contribution in [2.24, 2.45) is 11.1 Å². The highest BCUT2D eigenvalue weighted by atomic mass is 16.5. The first-order valence-corrected chi connectivity index (χ1v) is 4.31. The predicted molar refractivity (Wildman–Crippen MR) is 48.4 cm³/mol. The van der Waals surface area contributed by atoms with Gasteiger partial charge in [0.25, 0.3) is 0 Å². The van der Waals surface area contributed by atoms with E-state index < -0.39 is 23.4 Å². The van der Waals surface area contributed by atoms with Crippen molar-refractivity contribution in [2.45, 2.75) is 18.9 Å². The Hall–Kier alpha value is -1.36. The first-order valence-electron chi connectivity index (χ1n) is 4.31. The molecule has 0 amide bonds. The first-order chi connectivity index (χ1) is 6.53. The van der Waals surface area contributed by atoms with Gasteiger partial charge < -0.3 is 15.6 Å². The van der Waals surface area contributed by atoms with Crippen LogP contribution in [0.25, 0.3) is 0 Å². The molecule has 0 aliphatic heterocycles. The van der Waals surface area contributed by atoms with Gasteiger partial charge in [0.2, 0.25) is 0 Å². The second-order valence-corrected chi connectivity index (χ2v) is 3.39. The van der Waals surface area contributed by atoms with E-state index in [0.29, 0.717) is 12.8 Å². The fraction of sp³-hybridized carbons (Fsp3) is 0.556. The zero-order valence-corrected chi connectivity index (χ0v) is 7.73. The maximum absolute atomic E-state index is 11.3. The summed E-state index contributed by atoms with van der Waals surface area (Å²) >= 11 is 0. The Morgan fingerprint density at radius 1 is 1.64 bits per heavy atom. The molecule has 14 heavy (non-hydrogen) atoms. The summed E-state index contributed by atoms with van der Waals surface area (Å²) in [5, 5.41) is 8.74. The van der Waals surface area contributed by atoms with Crippen LogP contribution in [0.1, 0.15) is 12.8 Å². The van der Waals surface area contributed by atoms with Crippen molar-refractivity contribution in [2.75, 3.05) is 6.61 Å². The van der Waals surface area contributed by atoms with Crippen molar-refractivity contribution < 1.29 is 19.4 Å². The summed E-state index contributed by atoms with van der Waals surface area (Å²) in [5.41, 5.74) is 4.13. The summed E-state index contributed by atoms with van der Waals surface area (Å²) in [5.74, 6) is -1.81. The van der Waals surface area contributed by atoms with E-state index in [1.807, 2.05) is 0 Å². The molecule has 0 radical (unpaired) electrons. The van der Waals surface area contributed by atoms with Crippen LogP contribution in [0.5, 0.6) is 0 Å². The zero-order chi connectivity index (χ0) is 10.8. The molecule has 0 unspecified atom stereocenters. The maximum Gasteiger partial charge on any atom is 0.323 e. The molecular weight excluding hydrogens is 186 g/mol. The van der Waals surface area contributed by atoms with Gasteiger partial charge in [0.15, 0.2) is 5.41 Å². The van der Waals surface area contributed by atoms with Crippen LogP contribution in [-0.4, -0.2) is 29.7 Å². The molecule has 3 N–H and O–H groups in total. The van der Waals surface area contributed by atoms with Crippen molar-refractivity contribution in [1.29, 1.82) is 0 Å². The number of hydrogen-bond acceptors (Lipinski definition) is 4. The summed E-state index contributed by atoms with van der Waals surface area (Å²) in [6.07, 6.45) is 2.14. The summed E-state index contributed by atoms with van der Waals surface area (Å²) < 4.78 is 4.77. The Morgan fingerprint density at radius 3 is 2.57 bits per heavy atom. The first kappa shape index (κ1) is 10.7. The van der Waals surface area contributed by atoms with E-state index >= 15 is 0 Å². The number of aliphatic carboxylic acids is 1. The molecule has 5 heteroatoms. The van der Waals surface area contributed by atoms with Gasteiger partial charge in [0, 0.05) is 0 Å². The molecule has 0 bridgehead atoms. The van der Waals surface area contributed by atoms with Crippen LogP contribution in [0.15, 0.2) is 12.7 Å². The lowest BCUT2D eigenvalue weighted by Gasteiger charge is -2.11. The third-order valence-corrected chi connectivity index (χ3v) is 2.26. The number of esters is 1. The van der Waals surface area contributed by atoms with Crippen LogP contribution in [0.2, 0.25) is 0 Å². The van der Waals surface area contributed by atoms with Crippen LogP contribution < -0.4 is 5.73 Å². The summed E-state index contributed by atoms with van der Waals surface area (Å²) in [6.45, 7) is 3.40. The topological polar surface area (TPSA) is 89.6 Å². The lowest BCUT2D eigenvalue weighted by molar-refractivity contribution is -0.161. The molecule has 0 aromatic carbocycles. The zero-order valence-electron chi connectivity index (χ0n) is 7.73. The van der Waals surface area contributed by atoms with Crippen LogP contribution in [0.3, 0.4) is 0 Å². The van der Waals surface area contributed by atoms with E-state index in [1.54, 1.807) is 0 Å². The van der Waals surface area contributed by atoms with Gasteiger partial charge in [-0.2, -0.15) is 0 Å². The third kappa shape index (κ3) is 1.93. The monoisotopic (exact) mass is 199 g/mol. The molecule has 0 aromatic rings. The third-order valence-electron chi connectivity index (χ3n) is 2.26. The molecule has 0 heterocycles. The molecule has 5 nitrogen and oxygen atoms in total. The van der Waals surface area contributed by atoms with Gasteiger partial charge in [0.05, 0.1) is 6.04 Å². The highest BCUT2D eigenvalue weighted by molar-refractivity contribution is 6.02. The Kier molecular flexibility index (Phi) is 2.90. The fourth-order valence-electron chi connectivity index (χ4n) is 1.01. The number of hydrogen-bond donors (Lipinski definition) is 2. The van der Waals surface area contributed by atoms with Gasteiger partial charge in [-0.05, 0) is 12.8 Å². The highest BCUT2D eigenvalue weighted by Crippen LogP contribution is 2.46. The number of nitrogens with two attached hydrogens (primary N) is 1. The van der Waals surface area contributed by atoms with Crippen LogP contribution in [0, 0.1) is 5.41 Å². The molecule has 1 saturated carbocycles. The number of rotatable bonds is 5. The second-order valence-electron chi connectivity index (χ2n) is 3.39. The van der Waals surface area contributed by atoms with E-state index in [1.165, 1.54) is 6.08 Å². The van der Waals surface area contributed by atoms with Crippen molar-refractivity contribution >= 4 is 11.9 Å². The maximum atomic E-state index is 11.3. The SMILES string of the molecule is C=C[C@H](N)COC(=O)C1(C(=O)O)CC1. The van der Waals surface area contributed by atoms with Gasteiger partial charge in [-0.25, -0.2) is 0 Å². The molecule has 1 rings (SSSR count). The lowest BCUT2D eigenvalue weighted by atomic mass is 10.1. The molecule has 1 fully saturated rings. The second kappa shape index (κ2) is 3.79. The molecule has 78 valence electrons. The molecule has 1 aliphatic carbocycles. The Labute approximate surface area is 81.5 Å².